The number of benzene rings is 2. The van der Waals surface area contributed by atoms with Crippen LogP contribution in [0, 0.1) is 0 Å². The first-order valence-electron chi connectivity index (χ1n) is 11.1. The van der Waals surface area contributed by atoms with Crippen molar-refractivity contribution in [2.24, 2.45) is 4.99 Å². The molecule has 3 aromatic rings. The third kappa shape index (κ3) is 5.04. The minimum Gasteiger partial charge on any atom is -0.507 e. The molecule has 0 bridgehead atoms. The topological polar surface area (TPSA) is 90.1 Å². The fraction of sp³-hybridized carbons (Fsp3) is 0.269. The van der Waals surface area contributed by atoms with Crippen molar-refractivity contribution < 1.29 is 19.4 Å². The molecular weight excluding hydrogens is 488 g/mol. The zero-order chi connectivity index (χ0) is 25.3. The standard InChI is InChI=1S/C26H25ClN2O5S/c1-5-33-25(32)22-15(4)28-26-29(23(22)16-6-9-19(10-7-16)34-14(2)3)24(31)21(35-26)13-17-12-18(27)8-11-20(17)30/h6-14,23,30H,5H2,1-4H3/b21-13+/t23-/m1/s1. The normalized spacial score (nSPS) is 15.7. The van der Waals surface area contributed by atoms with Gasteiger partial charge in [0.15, 0.2) is 4.80 Å². The van der Waals surface area contributed by atoms with Crippen molar-refractivity contribution in [3.8, 4) is 11.5 Å². The minimum atomic E-state index is -0.728. The number of hydrogen-bond acceptors (Lipinski definition) is 7. The number of thiazole rings is 1. The van der Waals surface area contributed by atoms with E-state index < -0.39 is 12.0 Å². The predicted molar refractivity (Wildman–Crippen MR) is 136 cm³/mol. The number of aromatic nitrogens is 1. The molecule has 0 saturated carbocycles. The van der Waals surface area contributed by atoms with Crippen LogP contribution in [0.15, 0.2) is 63.5 Å². The van der Waals surface area contributed by atoms with Crippen molar-refractivity contribution in [2.45, 2.75) is 39.8 Å². The first-order chi connectivity index (χ1) is 16.7. The first-order valence-corrected chi connectivity index (χ1v) is 12.3. The maximum absolute atomic E-state index is 13.6. The molecule has 4 rings (SSSR count). The fourth-order valence-corrected chi connectivity index (χ4v) is 5.11. The number of ether oxygens (including phenoxy) is 2. The van der Waals surface area contributed by atoms with E-state index in [0.29, 0.717) is 36.9 Å². The van der Waals surface area contributed by atoms with Gasteiger partial charge < -0.3 is 14.6 Å². The SMILES string of the molecule is CCOC(=O)C1=C(C)N=c2s/c(=C/c3cc(Cl)ccc3O)c(=O)n2[C@@H]1c1ccc(OC(C)C)cc1. The van der Waals surface area contributed by atoms with Crippen LogP contribution >= 0.6 is 22.9 Å². The monoisotopic (exact) mass is 512 g/mol. The number of aromatic hydroxyl groups is 1. The Hall–Kier alpha value is -3.36. The highest BCUT2D eigenvalue weighted by molar-refractivity contribution is 7.07. The Morgan fingerprint density at radius 2 is 1.97 bits per heavy atom. The van der Waals surface area contributed by atoms with Gasteiger partial charge in [0.25, 0.3) is 5.56 Å². The lowest BCUT2D eigenvalue weighted by atomic mass is 9.96. The quantitative estimate of drug-likeness (QED) is 0.505. The van der Waals surface area contributed by atoms with Gasteiger partial charge in [0.2, 0.25) is 0 Å². The second kappa shape index (κ2) is 10.1. The molecule has 2 heterocycles. The Morgan fingerprint density at radius 3 is 2.63 bits per heavy atom. The van der Waals surface area contributed by atoms with Crippen molar-refractivity contribution in [1.82, 2.24) is 4.57 Å². The van der Waals surface area contributed by atoms with E-state index >= 15 is 0 Å². The number of carbonyl (C=O) groups is 1. The van der Waals surface area contributed by atoms with Crippen molar-refractivity contribution in [1.29, 1.82) is 0 Å². The Balaban J connectivity index is 1.92. The lowest BCUT2D eigenvalue weighted by Crippen LogP contribution is -2.39. The summed E-state index contributed by atoms with van der Waals surface area (Å²) in [6.07, 6.45) is 1.59. The molecule has 0 aliphatic carbocycles. The van der Waals surface area contributed by atoms with E-state index in [1.165, 1.54) is 22.0 Å². The number of nitrogens with zero attached hydrogens (tertiary/aromatic N) is 2. The van der Waals surface area contributed by atoms with Crippen molar-refractivity contribution in [3.63, 3.8) is 0 Å². The molecule has 7 nitrogen and oxygen atoms in total. The van der Waals surface area contributed by atoms with E-state index in [9.17, 15) is 14.7 Å². The Bertz CT molecular complexity index is 1490. The fourth-order valence-electron chi connectivity index (χ4n) is 3.89. The van der Waals surface area contributed by atoms with Gasteiger partial charge in [-0.25, -0.2) is 9.79 Å². The molecule has 1 aliphatic rings. The van der Waals surface area contributed by atoms with Gasteiger partial charge in [-0.1, -0.05) is 35.1 Å². The van der Waals surface area contributed by atoms with E-state index in [4.69, 9.17) is 21.1 Å². The minimum absolute atomic E-state index is 0.000852. The molecule has 0 fully saturated rings. The molecular formula is C26H25ClN2O5S. The Morgan fingerprint density at radius 1 is 1.26 bits per heavy atom. The molecule has 2 aromatic carbocycles. The number of hydrogen-bond donors (Lipinski definition) is 1. The zero-order valence-electron chi connectivity index (χ0n) is 19.7. The average Bonchev–Trinajstić information content (AvgIpc) is 3.10. The third-order valence-corrected chi connectivity index (χ3v) is 6.58. The highest BCUT2D eigenvalue weighted by Crippen LogP contribution is 2.32. The lowest BCUT2D eigenvalue weighted by molar-refractivity contribution is -0.139. The van der Waals surface area contributed by atoms with Crippen molar-refractivity contribution in [2.75, 3.05) is 6.61 Å². The van der Waals surface area contributed by atoms with Crippen molar-refractivity contribution in [3.05, 3.63) is 89.6 Å². The van der Waals surface area contributed by atoms with Crippen LogP contribution in [0.5, 0.6) is 11.5 Å². The number of fused-ring (bicyclic) bond motifs is 1. The van der Waals surface area contributed by atoms with E-state index in [2.05, 4.69) is 4.99 Å². The molecule has 1 aromatic heterocycles. The number of phenols is 1. The number of halogens is 1. The molecule has 35 heavy (non-hydrogen) atoms. The maximum Gasteiger partial charge on any atom is 0.338 e. The van der Waals surface area contributed by atoms with Crippen LogP contribution in [-0.4, -0.2) is 28.4 Å². The first kappa shape index (κ1) is 24.8. The second-order valence-corrected chi connectivity index (χ2v) is 9.69. The Labute approximate surface area is 211 Å². The summed E-state index contributed by atoms with van der Waals surface area (Å²) in [5, 5.41) is 10.7. The lowest BCUT2D eigenvalue weighted by Gasteiger charge is -2.25. The predicted octanol–water partition coefficient (Wildman–Crippen LogP) is 3.94. The van der Waals surface area contributed by atoms with Crippen LogP contribution in [0.25, 0.3) is 6.08 Å². The van der Waals surface area contributed by atoms with Gasteiger partial charge in [-0.2, -0.15) is 0 Å². The van der Waals surface area contributed by atoms with Crippen LogP contribution in [0.4, 0.5) is 0 Å². The third-order valence-electron chi connectivity index (χ3n) is 5.36. The van der Waals surface area contributed by atoms with E-state index in [0.717, 1.165) is 5.56 Å². The molecule has 0 amide bonds. The number of rotatable bonds is 6. The summed E-state index contributed by atoms with van der Waals surface area (Å²) < 4.78 is 12.9. The van der Waals surface area contributed by atoms with Gasteiger partial charge >= 0.3 is 5.97 Å². The molecule has 182 valence electrons. The van der Waals surface area contributed by atoms with E-state index in [-0.39, 0.29) is 24.0 Å². The van der Waals surface area contributed by atoms with Gasteiger partial charge in [-0.3, -0.25) is 9.36 Å². The average molecular weight is 513 g/mol. The molecule has 1 aliphatic heterocycles. The molecule has 1 N–H and O–H groups in total. The molecule has 0 spiro atoms. The van der Waals surface area contributed by atoms with Crippen molar-refractivity contribution >= 4 is 35.0 Å². The van der Waals surface area contributed by atoms with Crippen LogP contribution in [-0.2, 0) is 9.53 Å². The highest BCUT2D eigenvalue weighted by atomic mass is 35.5. The van der Waals surface area contributed by atoms with E-state index in [1.54, 1.807) is 32.1 Å². The summed E-state index contributed by atoms with van der Waals surface area (Å²) in [6.45, 7) is 7.54. The summed E-state index contributed by atoms with van der Waals surface area (Å²) in [6, 6.07) is 11.2. The zero-order valence-corrected chi connectivity index (χ0v) is 21.3. The molecule has 1 atom stereocenters. The van der Waals surface area contributed by atoms with E-state index in [1.807, 2.05) is 38.1 Å². The number of phenolic OH excluding ortho intramolecular Hbond substituents is 1. The summed E-state index contributed by atoms with van der Waals surface area (Å²) in [5.74, 6) is 0.162. The Kier molecular flexibility index (Phi) is 7.14. The summed E-state index contributed by atoms with van der Waals surface area (Å²) >= 11 is 7.25. The molecule has 0 saturated heterocycles. The van der Waals surface area contributed by atoms with Gasteiger partial charge in [-0.05, 0) is 69.7 Å². The van der Waals surface area contributed by atoms with Gasteiger partial charge in [-0.15, -0.1) is 0 Å². The van der Waals surface area contributed by atoms with Gasteiger partial charge in [0.1, 0.15) is 11.5 Å². The summed E-state index contributed by atoms with van der Waals surface area (Å²) in [4.78, 5) is 31.6. The summed E-state index contributed by atoms with van der Waals surface area (Å²) in [5.41, 5.74) is 1.57. The van der Waals surface area contributed by atoms with Crippen LogP contribution in [0.2, 0.25) is 5.02 Å². The number of allylic oxidation sites excluding steroid dienone is 1. The smallest absolute Gasteiger partial charge is 0.338 e. The maximum atomic E-state index is 13.6. The molecule has 0 unspecified atom stereocenters. The molecule has 0 radical (unpaired) electrons. The van der Waals surface area contributed by atoms with Gasteiger partial charge in [0, 0.05) is 10.6 Å². The van der Waals surface area contributed by atoms with Crippen LogP contribution in [0.3, 0.4) is 0 Å². The molecule has 9 heteroatoms. The summed E-state index contributed by atoms with van der Waals surface area (Å²) in [7, 11) is 0. The number of esters is 1. The highest BCUT2D eigenvalue weighted by Gasteiger charge is 2.33. The largest absolute Gasteiger partial charge is 0.507 e. The number of carbonyl (C=O) groups excluding carboxylic acids is 1. The van der Waals surface area contributed by atoms with Crippen LogP contribution < -0.4 is 19.6 Å². The van der Waals surface area contributed by atoms with Crippen LogP contribution in [0.1, 0.15) is 44.9 Å². The second-order valence-electron chi connectivity index (χ2n) is 8.24. The van der Waals surface area contributed by atoms with Gasteiger partial charge in [0.05, 0.1) is 34.6 Å².